The number of ether oxygens (including phenoxy) is 2. The normalized spacial score (nSPS) is 17.0. The molecule has 0 bridgehead atoms. The largest absolute Gasteiger partial charge is 0.494 e. The van der Waals surface area contributed by atoms with Crippen LogP contribution in [0.5, 0.6) is 5.75 Å². The summed E-state index contributed by atoms with van der Waals surface area (Å²) in [6.45, 7) is 8.30. The molecule has 2 aromatic carbocycles. The lowest BCUT2D eigenvalue weighted by Gasteiger charge is -2.31. The van der Waals surface area contributed by atoms with E-state index in [1.54, 1.807) is 12.1 Å². The predicted molar refractivity (Wildman–Crippen MR) is 126 cm³/mol. The summed E-state index contributed by atoms with van der Waals surface area (Å²) in [5.41, 5.74) is 2.20. The SMILES string of the molecule is CCOc1ccc(S(=O)(=O)NCCC(=O)NCc2cccc(CN3CCOC(C)C3)c2)cc1. The van der Waals surface area contributed by atoms with Gasteiger partial charge in [0.05, 0.1) is 24.2 Å². The van der Waals surface area contributed by atoms with Crippen LogP contribution in [0, 0.1) is 0 Å². The summed E-state index contributed by atoms with van der Waals surface area (Å²) in [4.78, 5) is 14.7. The van der Waals surface area contributed by atoms with E-state index in [0.717, 1.165) is 31.8 Å². The van der Waals surface area contributed by atoms with Gasteiger partial charge in [-0.15, -0.1) is 0 Å². The Morgan fingerprint density at radius 2 is 1.94 bits per heavy atom. The molecule has 180 valence electrons. The Kier molecular flexibility index (Phi) is 9.25. The first-order valence-corrected chi connectivity index (χ1v) is 12.7. The van der Waals surface area contributed by atoms with Gasteiger partial charge in [-0.25, -0.2) is 13.1 Å². The van der Waals surface area contributed by atoms with Gasteiger partial charge in [0, 0.05) is 39.1 Å². The molecule has 1 amide bonds. The smallest absolute Gasteiger partial charge is 0.240 e. The summed E-state index contributed by atoms with van der Waals surface area (Å²) < 4.78 is 38.2. The van der Waals surface area contributed by atoms with Crippen LogP contribution in [-0.4, -0.2) is 58.2 Å². The molecule has 9 heteroatoms. The van der Waals surface area contributed by atoms with Crippen molar-refractivity contribution in [2.24, 2.45) is 0 Å². The molecule has 1 unspecified atom stereocenters. The van der Waals surface area contributed by atoms with Crippen LogP contribution in [0.4, 0.5) is 0 Å². The molecule has 0 radical (unpaired) electrons. The fourth-order valence-corrected chi connectivity index (χ4v) is 4.72. The molecule has 1 aliphatic heterocycles. The van der Waals surface area contributed by atoms with Crippen LogP contribution in [0.15, 0.2) is 53.4 Å². The van der Waals surface area contributed by atoms with E-state index in [1.165, 1.54) is 17.7 Å². The number of benzene rings is 2. The van der Waals surface area contributed by atoms with Gasteiger partial charge in [0.25, 0.3) is 0 Å². The molecule has 0 aliphatic carbocycles. The van der Waals surface area contributed by atoms with Crippen molar-refractivity contribution in [3.63, 3.8) is 0 Å². The highest BCUT2D eigenvalue weighted by Crippen LogP contribution is 2.16. The zero-order valence-corrected chi connectivity index (χ0v) is 20.1. The number of sulfonamides is 1. The van der Waals surface area contributed by atoms with E-state index in [-0.39, 0.29) is 29.9 Å². The Balaban J connectivity index is 1.42. The van der Waals surface area contributed by atoms with Gasteiger partial charge in [-0.3, -0.25) is 9.69 Å². The number of carbonyl (C=O) groups is 1. The highest BCUT2D eigenvalue weighted by molar-refractivity contribution is 7.89. The van der Waals surface area contributed by atoms with Gasteiger partial charge in [0.1, 0.15) is 5.75 Å². The van der Waals surface area contributed by atoms with Crippen LogP contribution in [0.3, 0.4) is 0 Å². The minimum atomic E-state index is -3.68. The molecule has 1 heterocycles. The van der Waals surface area contributed by atoms with E-state index in [1.807, 2.05) is 19.1 Å². The topological polar surface area (TPSA) is 97.0 Å². The van der Waals surface area contributed by atoms with Gasteiger partial charge in [-0.05, 0) is 49.2 Å². The van der Waals surface area contributed by atoms with Crippen LogP contribution in [-0.2, 0) is 32.6 Å². The van der Waals surface area contributed by atoms with E-state index in [0.29, 0.717) is 18.9 Å². The number of morpholine rings is 1. The van der Waals surface area contributed by atoms with Gasteiger partial charge in [0.2, 0.25) is 15.9 Å². The Bertz CT molecular complexity index is 1010. The van der Waals surface area contributed by atoms with E-state index in [2.05, 4.69) is 34.0 Å². The molecule has 2 N–H and O–H groups in total. The van der Waals surface area contributed by atoms with Gasteiger partial charge >= 0.3 is 0 Å². The lowest BCUT2D eigenvalue weighted by atomic mass is 10.1. The van der Waals surface area contributed by atoms with Crippen molar-refractivity contribution >= 4 is 15.9 Å². The zero-order chi connectivity index (χ0) is 23.7. The summed E-state index contributed by atoms with van der Waals surface area (Å²) in [6, 6.07) is 14.3. The van der Waals surface area contributed by atoms with Crippen LogP contribution in [0.25, 0.3) is 0 Å². The predicted octanol–water partition coefficient (Wildman–Crippen LogP) is 2.29. The summed E-state index contributed by atoms with van der Waals surface area (Å²) >= 11 is 0. The standard InChI is InChI=1S/C24H33N3O5S/c1-3-31-22-7-9-23(10-8-22)33(29,30)26-12-11-24(28)25-16-20-5-4-6-21(15-20)18-27-13-14-32-19(2)17-27/h4-10,15,19,26H,3,11-14,16-18H2,1-2H3,(H,25,28). The second-order valence-electron chi connectivity index (χ2n) is 8.07. The molecule has 1 aliphatic rings. The molecule has 0 saturated carbocycles. The highest BCUT2D eigenvalue weighted by atomic mass is 32.2. The number of hydrogen-bond acceptors (Lipinski definition) is 6. The number of hydrogen-bond donors (Lipinski definition) is 2. The summed E-state index contributed by atoms with van der Waals surface area (Å²) in [7, 11) is -3.68. The first-order valence-electron chi connectivity index (χ1n) is 11.3. The maximum absolute atomic E-state index is 12.4. The van der Waals surface area contributed by atoms with Crippen LogP contribution >= 0.6 is 0 Å². The maximum atomic E-state index is 12.4. The van der Waals surface area contributed by atoms with Crippen molar-refractivity contribution in [3.05, 3.63) is 59.7 Å². The fourth-order valence-electron chi connectivity index (χ4n) is 3.68. The van der Waals surface area contributed by atoms with Crippen molar-refractivity contribution in [2.75, 3.05) is 32.8 Å². The van der Waals surface area contributed by atoms with Crippen LogP contribution < -0.4 is 14.8 Å². The minimum absolute atomic E-state index is 0.0244. The molecule has 1 atom stereocenters. The van der Waals surface area contributed by atoms with Gasteiger partial charge < -0.3 is 14.8 Å². The van der Waals surface area contributed by atoms with Crippen molar-refractivity contribution in [1.82, 2.24) is 14.9 Å². The number of carbonyl (C=O) groups excluding carboxylic acids is 1. The zero-order valence-electron chi connectivity index (χ0n) is 19.2. The molecule has 3 rings (SSSR count). The number of rotatable bonds is 11. The quantitative estimate of drug-likeness (QED) is 0.518. The third kappa shape index (κ3) is 8.12. The number of nitrogens with zero attached hydrogens (tertiary/aromatic N) is 1. The lowest BCUT2D eigenvalue weighted by Crippen LogP contribution is -2.40. The summed E-state index contributed by atoms with van der Waals surface area (Å²) in [5, 5.41) is 2.86. The fraction of sp³-hybridized carbons (Fsp3) is 0.458. The van der Waals surface area contributed by atoms with E-state index in [9.17, 15) is 13.2 Å². The molecule has 33 heavy (non-hydrogen) atoms. The van der Waals surface area contributed by atoms with Crippen molar-refractivity contribution in [3.8, 4) is 5.75 Å². The average Bonchev–Trinajstić information content (AvgIpc) is 2.78. The molecule has 8 nitrogen and oxygen atoms in total. The molecule has 2 aromatic rings. The Morgan fingerprint density at radius 1 is 1.18 bits per heavy atom. The number of nitrogens with one attached hydrogen (secondary N) is 2. The summed E-state index contributed by atoms with van der Waals surface area (Å²) in [5.74, 6) is 0.399. The van der Waals surface area contributed by atoms with Gasteiger partial charge in [0.15, 0.2) is 0 Å². The van der Waals surface area contributed by atoms with E-state index >= 15 is 0 Å². The average molecular weight is 476 g/mol. The number of amides is 1. The molecular weight excluding hydrogens is 442 g/mol. The second-order valence-corrected chi connectivity index (χ2v) is 9.83. The maximum Gasteiger partial charge on any atom is 0.240 e. The summed E-state index contributed by atoms with van der Waals surface area (Å²) in [6.07, 6.45) is 0.301. The van der Waals surface area contributed by atoms with Crippen LogP contribution in [0.2, 0.25) is 0 Å². The van der Waals surface area contributed by atoms with Crippen molar-refractivity contribution in [1.29, 1.82) is 0 Å². The monoisotopic (exact) mass is 475 g/mol. The first-order chi connectivity index (χ1) is 15.9. The Labute approximate surface area is 196 Å². The van der Waals surface area contributed by atoms with Crippen molar-refractivity contribution < 1.29 is 22.7 Å². The third-order valence-corrected chi connectivity index (χ3v) is 6.78. The molecule has 0 spiro atoms. The second kappa shape index (κ2) is 12.1. The molecule has 1 saturated heterocycles. The first kappa shape index (κ1) is 25.2. The minimum Gasteiger partial charge on any atom is -0.494 e. The van der Waals surface area contributed by atoms with Gasteiger partial charge in [-0.2, -0.15) is 0 Å². The molecule has 0 aromatic heterocycles. The molecular formula is C24H33N3O5S. The Hall–Kier alpha value is -2.46. The van der Waals surface area contributed by atoms with E-state index in [4.69, 9.17) is 9.47 Å². The van der Waals surface area contributed by atoms with E-state index < -0.39 is 10.0 Å². The lowest BCUT2D eigenvalue weighted by molar-refractivity contribution is -0.121. The van der Waals surface area contributed by atoms with Gasteiger partial charge in [-0.1, -0.05) is 24.3 Å². The third-order valence-electron chi connectivity index (χ3n) is 5.30. The highest BCUT2D eigenvalue weighted by Gasteiger charge is 2.17. The Morgan fingerprint density at radius 3 is 2.67 bits per heavy atom. The van der Waals surface area contributed by atoms with Crippen LogP contribution in [0.1, 0.15) is 31.4 Å². The molecule has 1 fully saturated rings. The van der Waals surface area contributed by atoms with Crippen molar-refractivity contribution in [2.45, 2.75) is 44.4 Å².